The minimum absolute atomic E-state index is 0.100. The molecule has 0 radical (unpaired) electrons. The van der Waals surface area contributed by atoms with Crippen LogP contribution in [0.15, 0.2) is 4.99 Å². The molecule has 4 atom stereocenters. The highest BCUT2D eigenvalue weighted by molar-refractivity contribution is 7.98. The normalized spacial score (nSPS) is 14.5. The number of aliphatic imine (C=N–C) groups is 1. The highest BCUT2D eigenvalue weighted by Crippen LogP contribution is 2.09. The van der Waals surface area contributed by atoms with Crippen molar-refractivity contribution in [1.29, 1.82) is 0 Å². The Hall–Kier alpha value is -2.54. The fraction of sp³-hybridized carbons (Fsp3) is 0.773. The fourth-order valence-electron chi connectivity index (χ4n) is 3.21. The smallest absolute Gasteiger partial charge is 0.326 e. The van der Waals surface area contributed by atoms with Gasteiger partial charge in [0, 0.05) is 6.54 Å². The van der Waals surface area contributed by atoms with Gasteiger partial charge < -0.3 is 38.3 Å². The van der Waals surface area contributed by atoms with Crippen LogP contribution in [0, 0.1) is 11.8 Å². The Labute approximate surface area is 212 Å². The second-order valence-electron chi connectivity index (χ2n) is 9.16. The second-order valence-corrected chi connectivity index (χ2v) is 10.1. The summed E-state index contributed by atoms with van der Waals surface area (Å²) in [7, 11) is 0. The molecule has 0 aromatic heterocycles. The van der Waals surface area contributed by atoms with Gasteiger partial charge in [0.05, 0.1) is 6.04 Å². The molecule has 10 N–H and O–H groups in total. The third kappa shape index (κ3) is 13.8. The molecule has 202 valence electrons. The summed E-state index contributed by atoms with van der Waals surface area (Å²) in [6.45, 7) is 7.58. The van der Waals surface area contributed by atoms with Gasteiger partial charge in [0.15, 0.2) is 5.96 Å². The Morgan fingerprint density at radius 3 is 2.00 bits per heavy atom. The van der Waals surface area contributed by atoms with Crippen LogP contribution in [0.2, 0.25) is 0 Å². The molecular formula is C22H43N7O5S. The molecule has 0 aromatic carbocycles. The lowest BCUT2D eigenvalue weighted by atomic mass is 10.0. The van der Waals surface area contributed by atoms with Crippen molar-refractivity contribution < 1.29 is 24.3 Å². The van der Waals surface area contributed by atoms with Crippen molar-refractivity contribution in [2.24, 2.45) is 34.0 Å². The van der Waals surface area contributed by atoms with E-state index in [0.29, 0.717) is 25.0 Å². The third-order valence-corrected chi connectivity index (χ3v) is 5.76. The van der Waals surface area contributed by atoms with Crippen molar-refractivity contribution >= 4 is 41.4 Å². The van der Waals surface area contributed by atoms with Crippen LogP contribution in [0.25, 0.3) is 0 Å². The Kier molecular flexibility index (Phi) is 15.7. The van der Waals surface area contributed by atoms with Crippen molar-refractivity contribution in [2.45, 2.75) is 77.5 Å². The summed E-state index contributed by atoms with van der Waals surface area (Å²) in [5.74, 6) is -2.42. The van der Waals surface area contributed by atoms with Crippen molar-refractivity contribution in [2.75, 3.05) is 18.6 Å². The van der Waals surface area contributed by atoms with E-state index in [1.807, 2.05) is 20.1 Å². The molecule has 4 unspecified atom stereocenters. The average molecular weight is 518 g/mol. The zero-order valence-electron chi connectivity index (χ0n) is 21.4. The number of carbonyl (C=O) groups excluding carboxylic acids is 3. The topological polar surface area (TPSA) is 215 Å². The number of carboxylic acid groups (broad SMARTS) is 1. The predicted molar refractivity (Wildman–Crippen MR) is 139 cm³/mol. The molecule has 0 saturated heterocycles. The largest absolute Gasteiger partial charge is 0.480 e. The van der Waals surface area contributed by atoms with Gasteiger partial charge in [-0.25, -0.2) is 4.79 Å². The first-order valence-corrected chi connectivity index (χ1v) is 13.1. The van der Waals surface area contributed by atoms with E-state index in [1.165, 1.54) is 11.8 Å². The summed E-state index contributed by atoms with van der Waals surface area (Å²) in [4.78, 5) is 53.8. The van der Waals surface area contributed by atoms with Crippen molar-refractivity contribution in [1.82, 2.24) is 16.0 Å². The van der Waals surface area contributed by atoms with Crippen LogP contribution < -0.4 is 33.2 Å². The quantitative estimate of drug-likeness (QED) is 0.0740. The number of rotatable bonds is 17. The van der Waals surface area contributed by atoms with Gasteiger partial charge in [-0.1, -0.05) is 27.7 Å². The number of aliphatic carboxylic acids is 1. The number of nitrogens with zero attached hydrogens (tertiary/aromatic N) is 1. The summed E-state index contributed by atoms with van der Waals surface area (Å²) < 4.78 is 0. The summed E-state index contributed by atoms with van der Waals surface area (Å²) in [6.07, 6.45) is 3.15. The monoisotopic (exact) mass is 517 g/mol. The van der Waals surface area contributed by atoms with E-state index in [9.17, 15) is 24.3 Å². The van der Waals surface area contributed by atoms with Crippen LogP contribution in [0.4, 0.5) is 0 Å². The summed E-state index contributed by atoms with van der Waals surface area (Å²) >= 11 is 1.52. The molecule has 0 rings (SSSR count). The van der Waals surface area contributed by atoms with Crippen LogP contribution in [0.3, 0.4) is 0 Å². The van der Waals surface area contributed by atoms with Crippen LogP contribution >= 0.6 is 11.8 Å². The number of amides is 3. The molecule has 0 aliphatic rings. The summed E-state index contributed by atoms with van der Waals surface area (Å²) in [5.41, 5.74) is 16.5. The molecule has 0 aliphatic heterocycles. The van der Waals surface area contributed by atoms with E-state index in [4.69, 9.17) is 17.2 Å². The van der Waals surface area contributed by atoms with Gasteiger partial charge in [-0.2, -0.15) is 11.8 Å². The first-order chi connectivity index (χ1) is 16.3. The molecule has 0 aromatic rings. The second kappa shape index (κ2) is 17.0. The van der Waals surface area contributed by atoms with Crippen LogP contribution in [0.1, 0.15) is 53.4 Å². The van der Waals surface area contributed by atoms with Crippen molar-refractivity contribution in [3.8, 4) is 0 Å². The number of thioether (sulfide) groups is 1. The van der Waals surface area contributed by atoms with Crippen molar-refractivity contribution in [3.05, 3.63) is 0 Å². The predicted octanol–water partition coefficient (Wildman–Crippen LogP) is -0.638. The van der Waals surface area contributed by atoms with E-state index in [0.717, 1.165) is 0 Å². The zero-order valence-corrected chi connectivity index (χ0v) is 22.2. The number of carbonyl (C=O) groups is 4. The Morgan fingerprint density at radius 2 is 1.51 bits per heavy atom. The molecule has 0 aliphatic carbocycles. The lowest BCUT2D eigenvalue weighted by molar-refractivity contribution is -0.142. The fourth-order valence-corrected chi connectivity index (χ4v) is 3.68. The highest BCUT2D eigenvalue weighted by atomic mass is 32.2. The molecule has 12 nitrogen and oxygen atoms in total. The third-order valence-electron chi connectivity index (χ3n) is 5.11. The van der Waals surface area contributed by atoms with Gasteiger partial charge in [0.2, 0.25) is 17.7 Å². The lowest BCUT2D eigenvalue weighted by Crippen LogP contribution is -2.58. The maximum atomic E-state index is 13.0. The van der Waals surface area contributed by atoms with Crippen LogP contribution in [0.5, 0.6) is 0 Å². The molecule has 0 fully saturated rings. The number of nitrogens with one attached hydrogen (secondary N) is 3. The molecule has 0 saturated carbocycles. The van der Waals surface area contributed by atoms with Crippen LogP contribution in [-0.4, -0.2) is 77.5 Å². The average Bonchev–Trinajstić information content (AvgIpc) is 2.75. The van der Waals surface area contributed by atoms with Gasteiger partial charge >= 0.3 is 5.97 Å². The first kappa shape index (κ1) is 32.5. The molecule has 3 amide bonds. The highest BCUT2D eigenvalue weighted by Gasteiger charge is 2.31. The van der Waals surface area contributed by atoms with E-state index < -0.39 is 47.9 Å². The first-order valence-electron chi connectivity index (χ1n) is 11.7. The number of nitrogens with two attached hydrogens (primary N) is 3. The van der Waals surface area contributed by atoms with Gasteiger partial charge in [-0.05, 0) is 49.5 Å². The maximum absolute atomic E-state index is 13.0. The molecule has 35 heavy (non-hydrogen) atoms. The molecule has 0 spiro atoms. The Morgan fingerprint density at radius 1 is 0.914 bits per heavy atom. The van der Waals surface area contributed by atoms with E-state index in [-0.39, 0.29) is 30.8 Å². The van der Waals surface area contributed by atoms with Gasteiger partial charge in [0.25, 0.3) is 0 Å². The van der Waals surface area contributed by atoms with E-state index >= 15 is 0 Å². The van der Waals surface area contributed by atoms with Crippen LogP contribution in [-0.2, 0) is 19.2 Å². The Bertz CT molecular complexity index is 729. The SMILES string of the molecule is CSCCC(NC(=O)C(N)CC(C)C)C(=O)NC(C(=O)NC(CCCN=C(N)N)C(=O)O)C(C)C. The van der Waals surface area contributed by atoms with Crippen molar-refractivity contribution in [3.63, 3.8) is 0 Å². The summed E-state index contributed by atoms with van der Waals surface area (Å²) in [6, 6.07) is -3.80. The number of hydrogen-bond donors (Lipinski definition) is 7. The summed E-state index contributed by atoms with van der Waals surface area (Å²) in [5, 5.41) is 17.3. The van der Waals surface area contributed by atoms with E-state index in [1.54, 1.807) is 13.8 Å². The van der Waals surface area contributed by atoms with Gasteiger partial charge in [0.1, 0.15) is 18.1 Å². The number of guanidine groups is 1. The Balaban J connectivity index is 5.33. The van der Waals surface area contributed by atoms with Gasteiger partial charge in [-0.3, -0.25) is 19.4 Å². The van der Waals surface area contributed by atoms with E-state index in [2.05, 4.69) is 20.9 Å². The number of carboxylic acids is 1. The molecule has 0 heterocycles. The maximum Gasteiger partial charge on any atom is 0.326 e. The lowest BCUT2D eigenvalue weighted by Gasteiger charge is -2.27. The zero-order chi connectivity index (χ0) is 27.1. The standard InChI is InChI=1S/C22H43N7O5S/c1-12(2)11-14(23)18(30)27-15(8-10-35-5)19(31)29-17(13(3)4)20(32)28-16(21(33)34)7-6-9-26-22(24)25/h12-17H,6-11,23H2,1-5H3,(H,27,30)(H,28,32)(H,29,31)(H,33,34)(H4,24,25,26). The molecular weight excluding hydrogens is 474 g/mol. The molecule has 13 heteroatoms. The molecule has 0 bridgehead atoms. The minimum Gasteiger partial charge on any atom is -0.480 e. The minimum atomic E-state index is -1.21. The number of hydrogen-bond acceptors (Lipinski definition) is 7. The van der Waals surface area contributed by atoms with Gasteiger partial charge in [-0.15, -0.1) is 0 Å².